The van der Waals surface area contributed by atoms with Gasteiger partial charge in [0, 0.05) is 11.5 Å². The van der Waals surface area contributed by atoms with E-state index < -0.39 is 5.75 Å². The van der Waals surface area contributed by atoms with Gasteiger partial charge in [-0.25, -0.2) is 0 Å². The van der Waals surface area contributed by atoms with E-state index in [1.165, 1.54) is 0 Å². The van der Waals surface area contributed by atoms with Crippen LogP contribution in [0.1, 0.15) is 92.0 Å². The molecule has 2 N–H and O–H groups in total. The summed E-state index contributed by atoms with van der Waals surface area (Å²) in [5.74, 6) is 0.968. The highest BCUT2D eigenvalue weighted by Gasteiger charge is 2.71. The second-order valence-corrected chi connectivity index (χ2v) is 9.85. The topological polar surface area (TPSA) is 83.8 Å². The van der Waals surface area contributed by atoms with Crippen molar-refractivity contribution in [1.29, 1.82) is 0 Å². The minimum absolute atomic E-state index is 0.00886. The number of hydrogen-bond acceptors (Lipinski definition) is 5. The standard InChI is InChI=1S/C23H30O5/c1-12(2)7-14-8-23(6-5-22(13(3)4)9-17(22)23)28-21-16(11-25)19(26)15(10-24)20(27)18(14)21/h10-14,17,26-27H,5-9H2,1-4H3/t14-,17-,22+,23-/m1/s1. The lowest BCUT2D eigenvalue weighted by Gasteiger charge is -2.43. The zero-order chi connectivity index (χ0) is 20.4. The first-order chi connectivity index (χ1) is 13.2. The number of carbonyl (C=O) groups is 2. The van der Waals surface area contributed by atoms with Crippen LogP contribution >= 0.6 is 0 Å². The molecule has 0 bridgehead atoms. The maximum absolute atomic E-state index is 11.8. The van der Waals surface area contributed by atoms with E-state index in [0.717, 1.165) is 32.1 Å². The molecule has 2 aliphatic carbocycles. The maximum atomic E-state index is 11.8. The Kier molecular flexibility index (Phi) is 4.29. The Labute approximate surface area is 166 Å². The lowest BCUT2D eigenvalue weighted by atomic mass is 9.75. The normalized spacial score (nSPS) is 32.9. The van der Waals surface area contributed by atoms with Gasteiger partial charge in [-0.2, -0.15) is 0 Å². The molecule has 1 aromatic carbocycles. The van der Waals surface area contributed by atoms with Gasteiger partial charge in [0.15, 0.2) is 12.6 Å². The number of hydrogen-bond donors (Lipinski definition) is 2. The third-order valence-electron chi connectivity index (χ3n) is 7.72. The van der Waals surface area contributed by atoms with E-state index in [1.807, 2.05) is 0 Å². The van der Waals surface area contributed by atoms with E-state index in [4.69, 9.17) is 4.74 Å². The third kappa shape index (κ3) is 2.44. The van der Waals surface area contributed by atoms with E-state index >= 15 is 0 Å². The van der Waals surface area contributed by atoms with Crippen LogP contribution in [-0.4, -0.2) is 28.4 Å². The van der Waals surface area contributed by atoms with Gasteiger partial charge in [-0.1, -0.05) is 27.7 Å². The molecule has 28 heavy (non-hydrogen) atoms. The van der Waals surface area contributed by atoms with Crippen molar-refractivity contribution >= 4 is 12.6 Å². The van der Waals surface area contributed by atoms with Crippen LogP contribution in [0.2, 0.25) is 0 Å². The average molecular weight is 386 g/mol. The molecular formula is C23H30O5. The molecular weight excluding hydrogens is 356 g/mol. The molecule has 0 saturated heterocycles. The Morgan fingerprint density at radius 2 is 1.71 bits per heavy atom. The SMILES string of the molecule is CC(C)C[C@@H]1C[C@@]2(CC[C@@]3(C(C)C)C[C@@H]23)Oc2c(C=O)c(O)c(C=O)c(O)c21. The van der Waals surface area contributed by atoms with Crippen molar-refractivity contribution in [1.82, 2.24) is 0 Å². The fourth-order valence-electron chi connectivity index (χ4n) is 6.23. The highest BCUT2D eigenvalue weighted by molar-refractivity contribution is 5.95. The lowest BCUT2D eigenvalue weighted by molar-refractivity contribution is 0.0145. The first-order valence-electron chi connectivity index (χ1n) is 10.4. The first kappa shape index (κ1) is 19.3. The van der Waals surface area contributed by atoms with Gasteiger partial charge >= 0.3 is 0 Å². The molecule has 0 unspecified atom stereocenters. The zero-order valence-corrected chi connectivity index (χ0v) is 17.1. The predicted molar refractivity (Wildman–Crippen MR) is 105 cm³/mol. The summed E-state index contributed by atoms with van der Waals surface area (Å²) in [6.07, 6.45) is 5.74. The summed E-state index contributed by atoms with van der Waals surface area (Å²) in [7, 11) is 0. The smallest absolute Gasteiger partial charge is 0.157 e. The van der Waals surface area contributed by atoms with Crippen LogP contribution in [0.5, 0.6) is 17.2 Å². The molecule has 3 aliphatic rings. The van der Waals surface area contributed by atoms with E-state index in [9.17, 15) is 19.8 Å². The number of phenolic OH excluding ortho intramolecular Hbond substituents is 2. The van der Waals surface area contributed by atoms with Crippen molar-refractivity contribution < 1.29 is 24.5 Å². The zero-order valence-electron chi connectivity index (χ0n) is 17.1. The van der Waals surface area contributed by atoms with E-state index in [0.29, 0.717) is 47.1 Å². The van der Waals surface area contributed by atoms with Crippen molar-refractivity contribution in [2.24, 2.45) is 23.2 Å². The summed E-state index contributed by atoms with van der Waals surface area (Å²) in [4.78, 5) is 23.3. The number of rotatable bonds is 5. The van der Waals surface area contributed by atoms with Gasteiger partial charge < -0.3 is 14.9 Å². The van der Waals surface area contributed by atoms with Crippen molar-refractivity contribution in [2.75, 3.05) is 0 Å². The molecule has 0 aromatic heterocycles. The third-order valence-corrected chi connectivity index (χ3v) is 7.72. The molecule has 0 amide bonds. The largest absolute Gasteiger partial charge is 0.507 e. The van der Waals surface area contributed by atoms with Gasteiger partial charge in [-0.3, -0.25) is 9.59 Å². The monoisotopic (exact) mass is 386 g/mol. The van der Waals surface area contributed by atoms with Crippen LogP contribution in [0.3, 0.4) is 0 Å². The quantitative estimate of drug-likeness (QED) is 0.708. The van der Waals surface area contributed by atoms with Gasteiger partial charge in [0.25, 0.3) is 0 Å². The van der Waals surface area contributed by atoms with Crippen LogP contribution < -0.4 is 4.74 Å². The molecule has 152 valence electrons. The van der Waals surface area contributed by atoms with E-state index in [2.05, 4.69) is 27.7 Å². The summed E-state index contributed by atoms with van der Waals surface area (Å²) in [6.45, 7) is 8.80. The summed E-state index contributed by atoms with van der Waals surface area (Å²) >= 11 is 0. The molecule has 4 rings (SSSR count). The van der Waals surface area contributed by atoms with Gasteiger partial charge in [-0.05, 0) is 55.3 Å². The number of carbonyl (C=O) groups excluding carboxylic acids is 2. The van der Waals surface area contributed by atoms with Crippen molar-refractivity contribution in [3.8, 4) is 17.2 Å². The Hall–Kier alpha value is -2.04. The highest BCUT2D eigenvalue weighted by atomic mass is 16.5. The minimum atomic E-state index is -0.481. The average Bonchev–Trinajstić information content (AvgIpc) is 3.30. The molecule has 4 atom stereocenters. The van der Waals surface area contributed by atoms with Gasteiger partial charge in [0.1, 0.15) is 22.8 Å². The van der Waals surface area contributed by atoms with Crippen molar-refractivity contribution in [3.05, 3.63) is 16.7 Å². The highest BCUT2D eigenvalue weighted by Crippen LogP contribution is 2.74. The molecule has 5 nitrogen and oxygen atoms in total. The van der Waals surface area contributed by atoms with E-state index in [1.54, 1.807) is 0 Å². The van der Waals surface area contributed by atoms with Gasteiger partial charge in [0.05, 0.1) is 11.1 Å². The number of aldehydes is 2. The fourth-order valence-corrected chi connectivity index (χ4v) is 6.23. The Morgan fingerprint density at radius 1 is 1.04 bits per heavy atom. The Morgan fingerprint density at radius 3 is 2.21 bits per heavy atom. The van der Waals surface area contributed by atoms with Crippen LogP contribution in [0.4, 0.5) is 0 Å². The van der Waals surface area contributed by atoms with Crippen molar-refractivity contribution in [2.45, 2.75) is 71.3 Å². The summed E-state index contributed by atoms with van der Waals surface area (Å²) in [5, 5.41) is 21.2. The van der Waals surface area contributed by atoms with E-state index in [-0.39, 0.29) is 28.4 Å². The second kappa shape index (κ2) is 6.23. The molecule has 1 aromatic rings. The van der Waals surface area contributed by atoms with Gasteiger partial charge in [-0.15, -0.1) is 0 Å². The Bertz CT molecular complexity index is 842. The van der Waals surface area contributed by atoms with Crippen LogP contribution in [-0.2, 0) is 0 Å². The van der Waals surface area contributed by atoms with Crippen LogP contribution in [0.25, 0.3) is 0 Å². The second-order valence-electron chi connectivity index (χ2n) is 9.85. The first-order valence-corrected chi connectivity index (χ1v) is 10.4. The predicted octanol–water partition coefficient (Wildman–Crippen LogP) is 4.83. The Balaban J connectivity index is 1.88. The maximum Gasteiger partial charge on any atom is 0.157 e. The number of fused-ring (bicyclic) bond motifs is 3. The number of ether oxygens (including phenoxy) is 1. The molecule has 2 fully saturated rings. The van der Waals surface area contributed by atoms with Crippen LogP contribution in [0.15, 0.2) is 0 Å². The molecule has 1 aliphatic heterocycles. The van der Waals surface area contributed by atoms with Crippen LogP contribution in [0, 0.1) is 23.2 Å². The summed E-state index contributed by atoms with van der Waals surface area (Å²) in [5.41, 5.74) is 0.252. The molecule has 2 saturated carbocycles. The van der Waals surface area contributed by atoms with Crippen molar-refractivity contribution in [3.63, 3.8) is 0 Å². The van der Waals surface area contributed by atoms with Gasteiger partial charge in [0.2, 0.25) is 0 Å². The summed E-state index contributed by atoms with van der Waals surface area (Å²) in [6, 6.07) is 0. The molecule has 0 radical (unpaired) electrons. The summed E-state index contributed by atoms with van der Waals surface area (Å²) < 4.78 is 6.54. The minimum Gasteiger partial charge on any atom is -0.507 e. The molecule has 5 heteroatoms. The lowest BCUT2D eigenvalue weighted by Crippen LogP contribution is -2.42. The number of benzene rings is 1. The number of phenols is 2. The number of aromatic hydroxyl groups is 2. The molecule has 1 heterocycles. The fraction of sp³-hybridized carbons (Fsp3) is 0.652. The molecule has 1 spiro atoms.